The number of halogens is 2. The lowest BCUT2D eigenvalue weighted by atomic mass is 10.1. The second kappa shape index (κ2) is 5.42. The standard InChI is InChI=1S/C14H11Cl2N3O/c15-9-2-4-12-8(5-9)6-13(20-12)14(19-17)11-3-1-10(16)7-18-11/h1-7,14,19H,17H2. The van der Waals surface area contributed by atoms with E-state index in [-0.39, 0.29) is 6.04 Å². The Kier molecular flexibility index (Phi) is 3.63. The van der Waals surface area contributed by atoms with Crippen LogP contribution in [0.15, 0.2) is 47.0 Å². The van der Waals surface area contributed by atoms with Gasteiger partial charge in [-0.15, -0.1) is 0 Å². The molecule has 3 aromatic rings. The number of aromatic nitrogens is 1. The van der Waals surface area contributed by atoms with E-state index < -0.39 is 0 Å². The highest BCUT2D eigenvalue weighted by Gasteiger charge is 2.18. The summed E-state index contributed by atoms with van der Waals surface area (Å²) in [6.45, 7) is 0. The van der Waals surface area contributed by atoms with Crippen LogP contribution in [0.2, 0.25) is 10.0 Å². The van der Waals surface area contributed by atoms with Gasteiger partial charge in [0.2, 0.25) is 0 Å². The Labute approximate surface area is 125 Å². The number of benzene rings is 1. The topological polar surface area (TPSA) is 64.1 Å². The Bertz CT molecular complexity index is 740. The van der Waals surface area contributed by atoms with Crippen LogP contribution in [0, 0.1) is 0 Å². The number of pyridine rings is 1. The van der Waals surface area contributed by atoms with Crippen LogP contribution in [-0.2, 0) is 0 Å². The molecule has 4 nitrogen and oxygen atoms in total. The van der Waals surface area contributed by atoms with Crippen molar-refractivity contribution >= 4 is 34.2 Å². The average Bonchev–Trinajstić information content (AvgIpc) is 2.84. The van der Waals surface area contributed by atoms with Gasteiger partial charge in [-0.05, 0) is 36.4 Å². The van der Waals surface area contributed by atoms with Crippen LogP contribution in [-0.4, -0.2) is 4.98 Å². The summed E-state index contributed by atoms with van der Waals surface area (Å²) in [6, 6.07) is 10.5. The first-order valence-electron chi connectivity index (χ1n) is 5.94. The van der Waals surface area contributed by atoms with Gasteiger partial charge in [-0.1, -0.05) is 23.2 Å². The molecule has 0 aliphatic rings. The molecule has 0 aliphatic heterocycles. The van der Waals surface area contributed by atoms with Crippen LogP contribution in [0.3, 0.4) is 0 Å². The average molecular weight is 308 g/mol. The lowest BCUT2D eigenvalue weighted by molar-refractivity contribution is 0.471. The van der Waals surface area contributed by atoms with E-state index in [4.69, 9.17) is 33.5 Å². The van der Waals surface area contributed by atoms with Crippen molar-refractivity contribution < 1.29 is 4.42 Å². The number of nitrogens with one attached hydrogen (secondary N) is 1. The van der Waals surface area contributed by atoms with Gasteiger partial charge in [-0.3, -0.25) is 10.8 Å². The van der Waals surface area contributed by atoms with Crippen LogP contribution < -0.4 is 11.3 Å². The second-order valence-corrected chi connectivity index (χ2v) is 5.20. The molecule has 2 aromatic heterocycles. The number of nitrogens with two attached hydrogens (primary N) is 1. The molecular formula is C14H11Cl2N3O. The maximum Gasteiger partial charge on any atom is 0.134 e. The van der Waals surface area contributed by atoms with Gasteiger partial charge in [0.15, 0.2) is 0 Å². The fourth-order valence-electron chi connectivity index (χ4n) is 2.05. The van der Waals surface area contributed by atoms with Gasteiger partial charge in [0.1, 0.15) is 17.4 Å². The number of hydrazine groups is 1. The fraction of sp³-hybridized carbons (Fsp3) is 0.0714. The molecule has 0 aliphatic carbocycles. The summed E-state index contributed by atoms with van der Waals surface area (Å²) in [5.41, 5.74) is 4.17. The highest BCUT2D eigenvalue weighted by atomic mass is 35.5. The van der Waals surface area contributed by atoms with Crippen molar-refractivity contribution in [1.82, 2.24) is 10.4 Å². The first-order valence-corrected chi connectivity index (χ1v) is 6.69. The van der Waals surface area contributed by atoms with Crippen LogP contribution in [0.25, 0.3) is 11.0 Å². The second-order valence-electron chi connectivity index (χ2n) is 4.33. The van der Waals surface area contributed by atoms with E-state index in [0.717, 1.165) is 16.7 Å². The van der Waals surface area contributed by atoms with E-state index in [0.29, 0.717) is 15.8 Å². The summed E-state index contributed by atoms with van der Waals surface area (Å²) in [6.07, 6.45) is 1.57. The van der Waals surface area contributed by atoms with Crippen LogP contribution in [0.4, 0.5) is 0 Å². The lowest BCUT2D eigenvalue weighted by Gasteiger charge is -2.12. The van der Waals surface area contributed by atoms with Gasteiger partial charge in [0.25, 0.3) is 0 Å². The van der Waals surface area contributed by atoms with Gasteiger partial charge in [-0.25, -0.2) is 5.43 Å². The minimum absolute atomic E-state index is 0.349. The predicted octanol–water partition coefficient (Wildman–Crippen LogP) is 3.69. The molecule has 6 heteroatoms. The molecule has 3 N–H and O–H groups in total. The zero-order chi connectivity index (χ0) is 14.1. The molecule has 0 spiro atoms. The van der Waals surface area contributed by atoms with Gasteiger partial charge < -0.3 is 4.42 Å². The third-order valence-corrected chi connectivity index (χ3v) is 3.45. The summed E-state index contributed by atoms with van der Waals surface area (Å²) < 4.78 is 5.79. The molecule has 0 radical (unpaired) electrons. The zero-order valence-corrected chi connectivity index (χ0v) is 11.8. The van der Waals surface area contributed by atoms with Crippen molar-refractivity contribution in [1.29, 1.82) is 0 Å². The molecule has 102 valence electrons. The SMILES string of the molecule is NNC(c1ccc(Cl)cn1)c1cc2cc(Cl)ccc2o1. The molecule has 0 saturated heterocycles. The van der Waals surface area contributed by atoms with Gasteiger partial charge in [-0.2, -0.15) is 0 Å². The van der Waals surface area contributed by atoms with E-state index in [1.807, 2.05) is 18.2 Å². The Morgan fingerprint density at radius 1 is 1.10 bits per heavy atom. The van der Waals surface area contributed by atoms with Gasteiger partial charge in [0.05, 0.1) is 10.7 Å². The molecule has 2 heterocycles. The molecule has 3 rings (SSSR count). The van der Waals surface area contributed by atoms with Crippen LogP contribution >= 0.6 is 23.2 Å². The molecule has 0 amide bonds. The smallest absolute Gasteiger partial charge is 0.134 e. The molecule has 0 fully saturated rings. The van der Waals surface area contributed by atoms with E-state index in [1.165, 1.54) is 0 Å². The van der Waals surface area contributed by atoms with Crippen molar-refractivity contribution in [3.8, 4) is 0 Å². The molecular weight excluding hydrogens is 297 g/mol. The summed E-state index contributed by atoms with van der Waals surface area (Å²) in [7, 11) is 0. The Morgan fingerprint density at radius 3 is 2.60 bits per heavy atom. The molecule has 0 bridgehead atoms. The largest absolute Gasteiger partial charge is 0.459 e. The number of rotatable bonds is 3. The molecule has 20 heavy (non-hydrogen) atoms. The number of fused-ring (bicyclic) bond motifs is 1. The third-order valence-electron chi connectivity index (χ3n) is 2.99. The lowest BCUT2D eigenvalue weighted by Crippen LogP contribution is -2.29. The number of hydrogen-bond acceptors (Lipinski definition) is 4. The molecule has 0 saturated carbocycles. The van der Waals surface area contributed by atoms with Crippen LogP contribution in [0.5, 0.6) is 0 Å². The summed E-state index contributed by atoms with van der Waals surface area (Å²) in [5, 5.41) is 2.15. The number of nitrogens with zero attached hydrogens (tertiary/aromatic N) is 1. The fourth-order valence-corrected chi connectivity index (χ4v) is 2.34. The Morgan fingerprint density at radius 2 is 1.90 bits per heavy atom. The highest BCUT2D eigenvalue weighted by molar-refractivity contribution is 6.31. The molecule has 1 unspecified atom stereocenters. The number of furan rings is 1. The summed E-state index contributed by atoms with van der Waals surface area (Å²) >= 11 is 11.8. The van der Waals surface area contributed by atoms with E-state index >= 15 is 0 Å². The van der Waals surface area contributed by atoms with Crippen molar-refractivity contribution in [2.24, 2.45) is 5.84 Å². The van der Waals surface area contributed by atoms with Crippen LogP contribution in [0.1, 0.15) is 17.5 Å². The maximum atomic E-state index is 5.97. The van der Waals surface area contributed by atoms with Crippen molar-refractivity contribution in [2.75, 3.05) is 0 Å². The highest BCUT2D eigenvalue weighted by Crippen LogP contribution is 2.29. The van der Waals surface area contributed by atoms with E-state index in [9.17, 15) is 0 Å². The molecule has 1 atom stereocenters. The van der Waals surface area contributed by atoms with Crippen molar-refractivity contribution in [3.63, 3.8) is 0 Å². The minimum atomic E-state index is -0.349. The monoisotopic (exact) mass is 307 g/mol. The van der Waals surface area contributed by atoms with E-state index in [1.54, 1.807) is 24.4 Å². The zero-order valence-electron chi connectivity index (χ0n) is 10.3. The first-order chi connectivity index (χ1) is 9.67. The summed E-state index contributed by atoms with van der Waals surface area (Å²) in [4.78, 5) is 4.25. The first kappa shape index (κ1) is 13.4. The predicted molar refractivity (Wildman–Crippen MR) is 79.6 cm³/mol. The maximum absolute atomic E-state index is 5.97. The Balaban J connectivity index is 2.04. The minimum Gasteiger partial charge on any atom is -0.459 e. The van der Waals surface area contributed by atoms with Crippen molar-refractivity contribution in [3.05, 3.63) is 64.1 Å². The molecule has 1 aromatic carbocycles. The van der Waals surface area contributed by atoms with E-state index in [2.05, 4.69) is 10.4 Å². The third kappa shape index (κ3) is 2.51. The Hall–Kier alpha value is -1.59. The van der Waals surface area contributed by atoms with Gasteiger partial charge >= 0.3 is 0 Å². The van der Waals surface area contributed by atoms with Crippen molar-refractivity contribution in [2.45, 2.75) is 6.04 Å². The summed E-state index contributed by atoms with van der Waals surface area (Å²) in [5.74, 6) is 6.28. The number of hydrogen-bond donors (Lipinski definition) is 2. The van der Waals surface area contributed by atoms with Gasteiger partial charge in [0, 0.05) is 16.6 Å². The quantitative estimate of drug-likeness (QED) is 0.572. The normalized spacial score (nSPS) is 12.8.